The summed E-state index contributed by atoms with van der Waals surface area (Å²) in [5.74, 6) is 1.42. The number of para-hydroxylation sites is 1. The van der Waals surface area contributed by atoms with E-state index in [9.17, 15) is 0 Å². The van der Waals surface area contributed by atoms with Crippen LogP contribution in [0.3, 0.4) is 0 Å². The van der Waals surface area contributed by atoms with Gasteiger partial charge in [0.1, 0.15) is 5.75 Å². The van der Waals surface area contributed by atoms with Crippen LogP contribution >= 0.6 is 12.2 Å². The maximum Gasteiger partial charge on any atom is 0.216 e. The summed E-state index contributed by atoms with van der Waals surface area (Å²) in [4.78, 5) is 2.29. The summed E-state index contributed by atoms with van der Waals surface area (Å²) < 4.78 is 7.42. The van der Waals surface area contributed by atoms with E-state index in [0.29, 0.717) is 10.6 Å². The Hall–Kier alpha value is -2.93. The zero-order chi connectivity index (χ0) is 19.2. The summed E-state index contributed by atoms with van der Waals surface area (Å²) in [7, 11) is 1.64. The Bertz CT molecular complexity index is 971. The molecule has 3 aromatic rings. The van der Waals surface area contributed by atoms with Crippen molar-refractivity contribution in [2.45, 2.75) is 13.8 Å². The molecule has 0 spiro atoms. The Kier molecular flexibility index (Phi) is 6.03. The van der Waals surface area contributed by atoms with Gasteiger partial charge in [-0.2, -0.15) is 14.9 Å². The highest BCUT2D eigenvalue weighted by Crippen LogP contribution is 2.22. The number of ether oxygens (including phenoxy) is 1. The molecule has 3 rings (SSSR count). The molecule has 0 aliphatic heterocycles. The van der Waals surface area contributed by atoms with Gasteiger partial charge in [0.25, 0.3) is 0 Å². The Labute approximate surface area is 164 Å². The van der Waals surface area contributed by atoms with Crippen molar-refractivity contribution in [3.8, 4) is 17.1 Å². The third-order valence-electron chi connectivity index (χ3n) is 4.36. The summed E-state index contributed by atoms with van der Waals surface area (Å²) in [5.41, 5.74) is 2.99. The van der Waals surface area contributed by atoms with E-state index in [1.165, 1.54) is 5.69 Å². The largest absolute Gasteiger partial charge is 0.496 e. The molecule has 0 radical (unpaired) electrons. The Morgan fingerprint density at radius 3 is 2.52 bits per heavy atom. The monoisotopic (exact) mass is 381 g/mol. The number of rotatable bonds is 7. The van der Waals surface area contributed by atoms with E-state index in [1.807, 2.05) is 36.4 Å². The first kappa shape index (κ1) is 18.8. The van der Waals surface area contributed by atoms with Crippen molar-refractivity contribution in [3.05, 3.63) is 58.9 Å². The number of nitrogens with one attached hydrogen (secondary N) is 1. The molecule has 6 nitrogen and oxygen atoms in total. The molecule has 140 valence electrons. The fourth-order valence-corrected chi connectivity index (χ4v) is 3.07. The van der Waals surface area contributed by atoms with E-state index in [0.717, 1.165) is 30.0 Å². The molecular weight excluding hydrogens is 358 g/mol. The highest BCUT2D eigenvalue weighted by atomic mass is 32.1. The molecule has 1 aromatic heterocycles. The predicted molar refractivity (Wildman–Crippen MR) is 112 cm³/mol. The van der Waals surface area contributed by atoms with Crippen LogP contribution in [-0.2, 0) is 0 Å². The van der Waals surface area contributed by atoms with Gasteiger partial charge in [-0.05, 0) is 62.5 Å². The third-order valence-corrected chi connectivity index (χ3v) is 4.62. The number of benzene rings is 2. The van der Waals surface area contributed by atoms with Crippen molar-refractivity contribution >= 4 is 24.1 Å². The van der Waals surface area contributed by atoms with Gasteiger partial charge in [-0.3, -0.25) is 0 Å². The minimum Gasteiger partial charge on any atom is -0.496 e. The van der Waals surface area contributed by atoms with Gasteiger partial charge in [0.15, 0.2) is 5.82 Å². The van der Waals surface area contributed by atoms with Crippen molar-refractivity contribution in [3.63, 3.8) is 0 Å². The van der Waals surface area contributed by atoms with Crippen LogP contribution in [0.5, 0.6) is 5.75 Å². The average Bonchev–Trinajstić information content (AvgIpc) is 3.08. The molecule has 0 unspecified atom stereocenters. The molecule has 7 heteroatoms. The zero-order valence-corrected chi connectivity index (χ0v) is 16.5. The second-order valence-corrected chi connectivity index (χ2v) is 6.26. The first-order valence-corrected chi connectivity index (χ1v) is 9.29. The van der Waals surface area contributed by atoms with E-state index < -0.39 is 0 Å². The quantitative estimate of drug-likeness (QED) is 0.488. The van der Waals surface area contributed by atoms with E-state index >= 15 is 0 Å². The number of aromatic amines is 1. The van der Waals surface area contributed by atoms with Gasteiger partial charge in [0.2, 0.25) is 4.77 Å². The van der Waals surface area contributed by atoms with Crippen LogP contribution in [0.4, 0.5) is 5.69 Å². The normalized spacial score (nSPS) is 11.1. The minimum absolute atomic E-state index is 0.434. The van der Waals surface area contributed by atoms with Crippen LogP contribution in [-0.4, -0.2) is 41.3 Å². The number of hydrogen-bond donors (Lipinski definition) is 1. The van der Waals surface area contributed by atoms with Crippen molar-refractivity contribution in [1.29, 1.82) is 0 Å². The molecule has 1 heterocycles. The van der Waals surface area contributed by atoms with Crippen LogP contribution in [0, 0.1) is 4.77 Å². The maximum absolute atomic E-state index is 5.36. The maximum atomic E-state index is 5.36. The van der Waals surface area contributed by atoms with Crippen LogP contribution in [0.2, 0.25) is 0 Å². The molecule has 0 amide bonds. The lowest BCUT2D eigenvalue weighted by molar-refractivity contribution is 0.414. The standard InChI is InChI=1S/C20H23N5OS/c1-4-24(5-2)17-12-10-15(11-13-17)19-22-23-20(27)25(19)21-14-16-8-6-7-9-18(16)26-3/h6-14H,4-5H2,1-3H3,(H,23,27). The molecule has 0 saturated heterocycles. The van der Waals surface area contributed by atoms with Crippen LogP contribution in [0.15, 0.2) is 53.6 Å². The van der Waals surface area contributed by atoms with E-state index in [4.69, 9.17) is 17.0 Å². The molecule has 0 bridgehead atoms. The van der Waals surface area contributed by atoms with Crippen LogP contribution < -0.4 is 9.64 Å². The van der Waals surface area contributed by atoms with Gasteiger partial charge < -0.3 is 9.64 Å². The molecule has 0 saturated carbocycles. The van der Waals surface area contributed by atoms with Gasteiger partial charge in [-0.25, -0.2) is 5.10 Å². The molecule has 1 N–H and O–H groups in total. The van der Waals surface area contributed by atoms with Crippen molar-refractivity contribution in [2.24, 2.45) is 5.10 Å². The molecule has 0 aliphatic carbocycles. The summed E-state index contributed by atoms with van der Waals surface area (Å²) >= 11 is 5.35. The van der Waals surface area contributed by atoms with Gasteiger partial charge in [0, 0.05) is 29.9 Å². The summed E-state index contributed by atoms with van der Waals surface area (Å²) in [6.07, 6.45) is 1.72. The number of aromatic nitrogens is 3. The first-order chi connectivity index (χ1) is 13.2. The molecule has 0 aliphatic rings. The fourth-order valence-electron chi connectivity index (χ4n) is 2.89. The molecule has 27 heavy (non-hydrogen) atoms. The van der Waals surface area contributed by atoms with Crippen LogP contribution in [0.1, 0.15) is 19.4 Å². The van der Waals surface area contributed by atoms with E-state index in [2.05, 4.69) is 46.2 Å². The SMILES string of the molecule is CCN(CC)c1ccc(-c2n[nH]c(=S)n2N=Cc2ccccc2OC)cc1. The minimum atomic E-state index is 0.434. The van der Waals surface area contributed by atoms with Crippen molar-refractivity contribution in [1.82, 2.24) is 14.9 Å². The lowest BCUT2D eigenvalue weighted by atomic mass is 10.2. The fraction of sp³-hybridized carbons (Fsp3) is 0.250. The molecular formula is C20H23N5OS. The molecule has 0 atom stereocenters. The first-order valence-electron chi connectivity index (χ1n) is 8.88. The van der Waals surface area contributed by atoms with Gasteiger partial charge >= 0.3 is 0 Å². The number of anilines is 1. The second kappa shape index (κ2) is 8.64. The summed E-state index contributed by atoms with van der Waals surface area (Å²) in [5, 5.41) is 11.7. The summed E-state index contributed by atoms with van der Waals surface area (Å²) in [6, 6.07) is 15.9. The third kappa shape index (κ3) is 4.09. The number of H-pyrrole nitrogens is 1. The Balaban J connectivity index is 1.93. The van der Waals surface area contributed by atoms with Gasteiger partial charge in [-0.1, -0.05) is 12.1 Å². The highest BCUT2D eigenvalue weighted by Gasteiger charge is 2.09. The van der Waals surface area contributed by atoms with E-state index in [-0.39, 0.29) is 0 Å². The predicted octanol–water partition coefficient (Wildman–Crippen LogP) is 4.34. The number of methoxy groups -OCH3 is 1. The van der Waals surface area contributed by atoms with Gasteiger partial charge in [0.05, 0.1) is 13.3 Å². The highest BCUT2D eigenvalue weighted by molar-refractivity contribution is 7.71. The summed E-state index contributed by atoms with van der Waals surface area (Å²) in [6.45, 7) is 6.24. The molecule has 0 fully saturated rings. The van der Waals surface area contributed by atoms with Gasteiger partial charge in [-0.15, -0.1) is 0 Å². The number of hydrogen-bond acceptors (Lipinski definition) is 5. The average molecular weight is 382 g/mol. The smallest absolute Gasteiger partial charge is 0.216 e. The zero-order valence-electron chi connectivity index (χ0n) is 15.7. The Morgan fingerprint density at radius 1 is 1.15 bits per heavy atom. The van der Waals surface area contributed by atoms with Crippen molar-refractivity contribution < 1.29 is 4.74 Å². The topological polar surface area (TPSA) is 58.4 Å². The second-order valence-electron chi connectivity index (χ2n) is 5.87. The van der Waals surface area contributed by atoms with Crippen molar-refractivity contribution in [2.75, 3.05) is 25.1 Å². The Morgan fingerprint density at radius 2 is 1.85 bits per heavy atom. The van der Waals surface area contributed by atoms with E-state index in [1.54, 1.807) is 18.0 Å². The van der Waals surface area contributed by atoms with Crippen LogP contribution in [0.25, 0.3) is 11.4 Å². The lowest BCUT2D eigenvalue weighted by Gasteiger charge is -2.20. The lowest BCUT2D eigenvalue weighted by Crippen LogP contribution is -2.21. The number of nitrogens with zero attached hydrogens (tertiary/aromatic N) is 4. The molecule has 2 aromatic carbocycles.